The third-order valence-corrected chi connectivity index (χ3v) is 3.30. The Balaban J connectivity index is 3.03. The van der Waals surface area contributed by atoms with Gasteiger partial charge in [-0.3, -0.25) is 9.59 Å². The number of aromatic nitrogens is 1. The second kappa shape index (κ2) is 6.01. The molecular formula is C10H13IN2O4. The van der Waals surface area contributed by atoms with E-state index >= 15 is 0 Å². The topological polar surface area (TPSA) is 116 Å². The van der Waals surface area contributed by atoms with E-state index in [1.165, 1.54) is 0 Å². The minimum atomic E-state index is -0.952. The molecule has 0 saturated heterocycles. The largest absolute Gasteiger partial charge is 0.481 e. The van der Waals surface area contributed by atoms with E-state index in [4.69, 9.17) is 15.9 Å². The molecule has 1 aromatic rings. The second-order valence-electron chi connectivity index (χ2n) is 3.54. The van der Waals surface area contributed by atoms with E-state index in [-0.39, 0.29) is 19.4 Å². The minimum absolute atomic E-state index is 0.0233. The Morgan fingerprint density at radius 3 is 2.35 bits per heavy atom. The van der Waals surface area contributed by atoms with Crippen LogP contribution in [0.3, 0.4) is 0 Å². The zero-order valence-electron chi connectivity index (χ0n) is 8.99. The van der Waals surface area contributed by atoms with Gasteiger partial charge in [0.25, 0.3) is 0 Å². The molecule has 94 valence electrons. The molecule has 0 aliphatic rings. The van der Waals surface area contributed by atoms with Gasteiger partial charge in [-0.05, 0) is 40.1 Å². The summed E-state index contributed by atoms with van der Waals surface area (Å²) in [6.45, 7) is 0.214. The van der Waals surface area contributed by atoms with Gasteiger partial charge in [0.05, 0.1) is 10.1 Å². The molecule has 0 amide bonds. The first-order chi connectivity index (χ1) is 7.95. The third kappa shape index (κ3) is 3.70. The Hall–Kier alpha value is -1.09. The van der Waals surface area contributed by atoms with Crippen LogP contribution in [0.15, 0.2) is 0 Å². The number of H-pyrrole nitrogens is 1. The number of hydrogen-bond acceptors (Lipinski definition) is 3. The molecule has 5 N–H and O–H groups in total. The van der Waals surface area contributed by atoms with Crippen LogP contribution in [0.2, 0.25) is 0 Å². The summed E-state index contributed by atoms with van der Waals surface area (Å²) >= 11 is 2.03. The number of carboxylic acids is 2. The first kappa shape index (κ1) is 14.0. The molecule has 0 radical (unpaired) electrons. The van der Waals surface area contributed by atoms with E-state index in [0.717, 1.165) is 9.26 Å². The van der Waals surface area contributed by atoms with Gasteiger partial charge < -0.3 is 20.9 Å². The van der Waals surface area contributed by atoms with Crippen molar-refractivity contribution < 1.29 is 19.8 Å². The lowest BCUT2D eigenvalue weighted by Gasteiger charge is -2.03. The molecule has 0 spiro atoms. The van der Waals surface area contributed by atoms with Crippen LogP contribution in [0.1, 0.15) is 23.2 Å². The van der Waals surface area contributed by atoms with Crippen LogP contribution in [0, 0.1) is 3.70 Å². The fraction of sp³-hybridized carbons (Fsp3) is 0.400. The Kier molecular flexibility index (Phi) is 4.94. The lowest BCUT2D eigenvalue weighted by Crippen LogP contribution is -2.08. The van der Waals surface area contributed by atoms with E-state index < -0.39 is 11.9 Å². The molecule has 6 nitrogen and oxygen atoms in total. The number of rotatable bonds is 6. The van der Waals surface area contributed by atoms with Crippen LogP contribution in [-0.2, 0) is 29.0 Å². The van der Waals surface area contributed by atoms with E-state index in [1.807, 2.05) is 22.6 Å². The number of aliphatic carboxylic acids is 2. The fourth-order valence-corrected chi connectivity index (χ4v) is 2.55. The SMILES string of the molecule is NCc1[nH]c(I)c(CCC(=O)O)c1CC(=O)O. The van der Waals surface area contributed by atoms with Crippen LogP contribution in [0.5, 0.6) is 0 Å². The number of carboxylic acid groups (broad SMARTS) is 2. The summed E-state index contributed by atoms with van der Waals surface area (Å²) in [5.41, 5.74) is 7.55. The van der Waals surface area contributed by atoms with Crippen molar-refractivity contribution >= 4 is 34.5 Å². The summed E-state index contributed by atoms with van der Waals surface area (Å²) < 4.78 is 0.764. The van der Waals surface area contributed by atoms with Crippen molar-refractivity contribution in [3.63, 3.8) is 0 Å². The molecule has 1 rings (SSSR count). The molecule has 0 aliphatic heterocycles. The first-order valence-electron chi connectivity index (χ1n) is 4.97. The van der Waals surface area contributed by atoms with Gasteiger partial charge in [-0.2, -0.15) is 0 Å². The first-order valence-corrected chi connectivity index (χ1v) is 6.05. The van der Waals surface area contributed by atoms with Gasteiger partial charge in [-0.1, -0.05) is 0 Å². The van der Waals surface area contributed by atoms with E-state index in [2.05, 4.69) is 4.98 Å². The average Bonchev–Trinajstić information content (AvgIpc) is 2.51. The molecule has 0 fully saturated rings. The summed E-state index contributed by atoms with van der Waals surface area (Å²) in [7, 11) is 0. The number of hydrogen-bond donors (Lipinski definition) is 4. The van der Waals surface area contributed by atoms with Crippen molar-refractivity contribution in [1.82, 2.24) is 4.98 Å². The summed E-state index contributed by atoms with van der Waals surface area (Å²) in [6, 6.07) is 0. The average molecular weight is 352 g/mol. The maximum atomic E-state index is 10.8. The Morgan fingerprint density at radius 2 is 1.88 bits per heavy atom. The number of carbonyl (C=O) groups is 2. The molecule has 0 aliphatic carbocycles. The Morgan fingerprint density at radius 1 is 1.24 bits per heavy atom. The van der Waals surface area contributed by atoms with Crippen molar-refractivity contribution in [2.45, 2.75) is 25.8 Å². The van der Waals surface area contributed by atoms with Crippen molar-refractivity contribution in [3.8, 4) is 0 Å². The van der Waals surface area contributed by atoms with Gasteiger partial charge in [0, 0.05) is 18.7 Å². The number of nitrogens with one attached hydrogen (secondary N) is 1. The molecule has 17 heavy (non-hydrogen) atoms. The maximum Gasteiger partial charge on any atom is 0.307 e. The molecule has 0 atom stereocenters. The van der Waals surface area contributed by atoms with E-state index in [1.54, 1.807) is 0 Å². The summed E-state index contributed by atoms with van der Waals surface area (Å²) in [4.78, 5) is 24.3. The monoisotopic (exact) mass is 352 g/mol. The fourth-order valence-electron chi connectivity index (χ4n) is 1.63. The van der Waals surface area contributed by atoms with Crippen molar-refractivity contribution in [2.75, 3.05) is 0 Å². The van der Waals surface area contributed by atoms with Crippen LogP contribution < -0.4 is 5.73 Å². The molecular weight excluding hydrogens is 339 g/mol. The van der Waals surface area contributed by atoms with Gasteiger partial charge in [-0.15, -0.1) is 0 Å². The molecule has 7 heteroatoms. The van der Waals surface area contributed by atoms with Crippen LogP contribution in [-0.4, -0.2) is 27.1 Å². The highest BCUT2D eigenvalue weighted by Crippen LogP contribution is 2.23. The highest BCUT2D eigenvalue weighted by molar-refractivity contribution is 14.1. The molecule has 1 aromatic heterocycles. The van der Waals surface area contributed by atoms with E-state index in [9.17, 15) is 9.59 Å². The summed E-state index contributed by atoms with van der Waals surface area (Å²) in [6.07, 6.45) is 0.151. The normalized spacial score (nSPS) is 10.5. The zero-order chi connectivity index (χ0) is 13.0. The molecule has 0 unspecified atom stereocenters. The lowest BCUT2D eigenvalue weighted by molar-refractivity contribution is -0.137. The highest BCUT2D eigenvalue weighted by atomic mass is 127. The van der Waals surface area contributed by atoms with Gasteiger partial charge in [0.1, 0.15) is 0 Å². The van der Waals surface area contributed by atoms with Crippen LogP contribution in [0.25, 0.3) is 0 Å². The second-order valence-corrected chi connectivity index (χ2v) is 4.62. The van der Waals surface area contributed by atoms with Crippen molar-refractivity contribution in [2.24, 2.45) is 5.73 Å². The third-order valence-electron chi connectivity index (χ3n) is 2.38. The molecule has 0 bridgehead atoms. The zero-order valence-corrected chi connectivity index (χ0v) is 11.2. The molecule has 1 heterocycles. The van der Waals surface area contributed by atoms with Crippen LogP contribution in [0.4, 0.5) is 0 Å². The van der Waals surface area contributed by atoms with Gasteiger partial charge in [0.2, 0.25) is 0 Å². The summed E-state index contributed by atoms with van der Waals surface area (Å²) in [5.74, 6) is -1.86. The smallest absolute Gasteiger partial charge is 0.307 e. The lowest BCUT2D eigenvalue weighted by atomic mass is 10.0. The van der Waals surface area contributed by atoms with Gasteiger partial charge in [0.15, 0.2) is 0 Å². The number of aromatic amines is 1. The van der Waals surface area contributed by atoms with Crippen molar-refractivity contribution in [1.29, 1.82) is 0 Å². The van der Waals surface area contributed by atoms with E-state index in [0.29, 0.717) is 17.7 Å². The molecule has 0 saturated carbocycles. The minimum Gasteiger partial charge on any atom is -0.481 e. The standard InChI is InChI=1S/C10H13IN2O4/c11-10-5(1-2-8(14)15)6(3-9(16)17)7(4-12)13-10/h13H,1-4,12H2,(H,14,15)(H,16,17). The Labute approximate surface area is 111 Å². The number of nitrogens with two attached hydrogens (primary N) is 1. The molecule has 0 aromatic carbocycles. The highest BCUT2D eigenvalue weighted by Gasteiger charge is 2.18. The predicted molar refractivity (Wildman–Crippen MR) is 68.7 cm³/mol. The van der Waals surface area contributed by atoms with Gasteiger partial charge in [-0.25, -0.2) is 0 Å². The van der Waals surface area contributed by atoms with Crippen molar-refractivity contribution in [3.05, 3.63) is 20.5 Å². The maximum absolute atomic E-state index is 10.8. The summed E-state index contributed by atoms with van der Waals surface area (Å²) in [5, 5.41) is 17.5. The van der Waals surface area contributed by atoms with Gasteiger partial charge >= 0.3 is 11.9 Å². The van der Waals surface area contributed by atoms with Crippen LogP contribution >= 0.6 is 22.6 Å². The quantitative estimate of drug-likeness (QED) is 0.563. The Bertz CT molecular complexity index is 442. The number of halogens is 1. The predicted octanol–water partition coefficient (Wildman–Crippen LogP) is 0.722.